The second kappa shape index (κ2) is 2.66. The Hall–Kier alpha value is -0.440. The van der Waals surface area contributed by atoms with Crippen LogP contribution in [-0.2, 0) is 0 Å². The minimum atomic E-state index is 0.00463. The number of aliphatic imine (C=N–C) groups is 1. The molecule has 1 heterocycles. The predicted octanol–water partition coefficient (Wildman–Crippen LogP) is 1.51. The van der Waals surface area contributed by atoms with E-state index < -0.39 is 0 Å². The van der Waals surface area contributed by atoms with Crippen molar-refractivity contribution >= 4 is 18.3 Å². The van der Waals surface area contributed by atoms with E-state index in [2.05, 4.69) is 24.5 Å². The summed E-state index contributed by atoms with van der Waals surface area (Å²) in [7, 11) is 1.99. The molecule has 1 aliphatic heterocycles. The monoisotopic (exact) mass is 156 g/mol. The van der Waals surface area contributed by atoms with Gasteiger partial charge in [-0.3, -0.25) is 4.99 Å². The highest BCUT2D eigenvalue weighted by atomic mass is 32.1. The van der Waals surface area contributed by atoms with Crippen LogP contribution in [0.4, 0.5) is 0 Å². The topological polar surface area (TPSA) is 15.6 Å². The lowest BCUT2D eigenvalue weighted by Crippen LogP contribution is -2.27. The molecule has 0 N–H and O–H groups in total. The number of nitrogens with zero attached hydrogens (tertiary/aromatic N) is 2. The van der Waals surface area contributed by atoms with Gasteiger partial charge in [-0.2, -0.15) is 0 Å². The molecule has 1 atom stereocenters. The van der Waals surface area contributed by atoms with Gasteiger partial charge < -0.3 is 4.90 Å². The molecule has 0 spiro atoms. The molecule has 0 saturated heterocycles. The van der Waals surface area contributed by atoms with Crippen molar-refractivity contribution in [3.63, 3.8) is 0 Å². The summed E-state index contributed by atoms with van der Waals surface area (Å²) in [5, 5.41) is 0. The first kappa shape index (κ1) is 7.66. The Morgan fingerprint density at radius 3 is 2.70 bits per heavy atom. The zero-order valence-electron chi connectivity index (χ0n) is 6.50. The third kappa shape index (κ3) is 1.34. The largest absolute Gasteiger partial charge is 0.348 e. The summed E-state index contributed by atoms with van der Waals surface area (Å²) in [5.74, 6) is 0. The zero-order valence-corrected chi connectivity index (χ0v) is 7.39. The van der Waals surface area contributed by atoms with Gasteiger partial charge in [0.15, 0.2) is 5.50 Å². The summed E-state index contributed by atoms with van der Waals surface area (Å²) in [6, 6.07) is 0. The highest BCUT2D eigenvalue weighted by Crippen LogP contribution is 2.15. The average molecular weight is 156 g/mol. The third-order valence-corrected chi connectivity index (χ3v) is 2.10. The molecule has 2 nitrogen and oxygen atoms in total. The highest BCUT2D eigenvalue weighted by Gasteiger charge is 2.12. The minimum Gasteiger partial charge on any atom is -0.348 e. The van der Waals surface area contributed by atoms with E-state index in [1.807, 2.05) is 24.9 Å². The Morgan fingerprint density at radius 2 is 2.20 bits per heavy atom. The van der Waals surface area contributed by atoms with Crippen LogP contribution in [0.5, 0.6) is 0 Å². The van der Waals surface area contributed by atoms with E-state index in [1.165, 1.54) is 5.70 Å². The van der Waals surface area contributed by atoms with Crippen molar-refractivity contribution < 1.29 is 0 Å². The molecule has 1 rings (SSSR count). The molecule has 1 aliphatic rings. The van der Waals surface area contributed by atoms with Crippen LogP contribution in [0.15, 0.2) is 16.8 Å². The van der Waals surface area contributed by atoms with Gasteiger partial charge in [-0.05, 0) is 19.9 Å². The van der Waals surface area contributed by atoms with E-state index in [4.69, 9.17) is 0 Å². The second-order valence-electron chi connectivity index (χ2n) is 2.51. The number of rotatable bonds is 0. The van der Waals surface area contributed by atoms with Crippen molar-refractivity contribution in [3.8, 4) is 0 Å². The van der Waals surface area contributed by atoms with Gasteiger partial charge in [0.2, 0.25) is 0 Å². The first-order chi connectivity index (χ1) is 4.61. The smallest absolute Gasteiger partial charge is 0.165 e. The molecule has 0 radical (unpaired) electrons. The minimum absolute atomic E-state index is 0.00463. The van der Waals surface area contributed by atoms with Gasteiger partial charge in [0.1, 0.15) is 0 Å². The predicted molar refractivity (Wildman–Crippen MR) is 47.4 cm³/mol. The number of allylic oxidation sites excluding steroid dienone is 2. The van der Waals surface area contributed by atoms with Crippen LogP contribution >= 0.6 is 12.6 Å². The van der Waals surface area contributed by atoms with Gasteiger partial charge >= 0.3 is 0 Å². The van der Waals surface area contributed by atoms with Gasteiger partial charge in [-0.1, -0.05) is 0 Å². The number of thiol groups is 1. The van der Waals surface area contributed by atoms with Crippen molar-refractivity contribution in [1.82, 2.24) is 4.90 Å². The van der Waals surface area contributed by atoms with Gasteiger partial charge in [-0.15, -0.1) is 12.6 Å². The summed E-state index contributed by atoms with van der Waals surface area (Å²) in [6.45, 7) is 4.04. The fourth-order valence-corrected chi connectivity index (χ4v) is 1.26. The fraction of sp³-hybridized carbons (Fsp3) is 0.571. The molecule has 0 aromatic heterocycles. The van der Waals surface area contributed by atoms with Crippen molar-refractivity contribution in [1.29, 1.82) is 0 Å². The summed E-state index contributed by atoms with van der Waals surface area (Å²) >= 11 is 4.27. The molecule has 1 unspecified atom stereocenters. The molecule has 0 aliphatic carbocycles. The lowest BCUT2D eigenvalue weighted by atomic mass is 10.3. The van der Waals surface area contributed by atoms with Gasteiger partial charge in [0.25, 0.3) is 0 Å². The first-order valence-electron chi connectivity index (χ1n) is 3.25. The Balaban J connectivity index is 2.85. The average Bonchev–Trinajstić information content (AvgIpc) is 1.82. The van der Waals surface area contributed by atoms with Crippen molar-refractivity contribution in [2.75, 3.05) is 7.05 Å². The van der Waals surface area contributed by atoms with Crippen LogP contribution < -0.4 is 0 Å². The molecule has 0 saturated carbocycles. The summed E-state index contributed by atoms with van der Waals surface area (Å²) in [4.78, 5) is 6.27. The van der Waals surface area contributed by atoms with Crippen molar-refractivity contribution in [3.05, 3.63) is 11.8 Å². The maximum absolute atomic E-state index is 4.27. The third-order valence-electron chi connectivity index (χ3n) is 1.64. The van der Waals surface area contributed by atoms with E-state index in [-0.39, 0.29) is 5.50 Å². The van der Waals surface area contributed by atoms with Crippen LogP contribution in [0.2, 0.25) is 0 Å². The molecule has 3 heteroatoms. The molecule has 0 aromatic rings. The van der Waals surface area contributed by atoms with Crippen molar-refractivity contribution in [2.45, 2.75) is 19.3 Å². The highest BCUT2D eigenvalue weighted by molar-refractivity contribution is 7.80. The molecular formula is C7H12N2S. The van der Waals surface area contributed by atoms with Gasteiger partial charge in [0.05, 0.1) is 0 Å². The maximum Gasteiger partial charge on any atom is 0.165 e. The van der Waals surface area contributed by atoms with Crippen LogP contribution in [-0.4, -0.2) is 23.2 Å². The van der Waals surface area contributed by atoms with E-state index in [0.717, 1.165) is 5.71 Å². The van der Waals surface area contributed by atoms with Crippen molar-refractivity contribution in [2.24, 2.45) is 4.99 Å². The number of hydrogen-bond acceptors (Lipinski definition) is 3. The number of hydrogen-bond donors (Lipinski definition) is 1. The first-order valence-corrected chi connectivity index (χ1v) is 3.76. The fourth-order valence-electron chi connectivity index (χ4n) is 0.892. The molecule has 0 amide bonds. The molecule has 0 bridgehead atoms. The van der Waals surface area contributed by atoms with Crippen LogP contribution in [0.25, 0.3) is 0 Å². The SMILES string of the molecule is CC1=CC(C)=NC(S)N1C. The van der Waals surface area contributed by atoms with E-state index in [0.29, 0.717) is 0 Å². The van der Waals surface area contributed by atoms with Gasteiger partial charge in [-0.25, -0.2) is 0 Å². The van der Waals surface area contributed by atoms with Crippen LogP contribution in [0.3, 0.4) is 0 Å². The van der Waals surface area contributed by atoms with Crippen LogP contribution in [0.1, 0.15) is 13.8 Å². The Labute approximate surface area is 67.0 Å². The molecule has 10 heavy (non-hydrogen) atoms. The normalized spacial score (nSPS) is 26.0. The van der Waals surface area contributed by atoms with Gasteiger partial charge in [0, 0.05) is 18.5 Å². The summed E-state index contributed by atoms with van der Waals surface area (Å²) < 4.78 is 0. The molecule has 0 fully saturated rings. The Morgan fingerprint density at radius 1 is 1.60 bits per heavy atom. The summed E-state index contributed by atoms with van der Waals surface area (Å²) in [6.07, 6.45) is 2.05. The standard InChI is InChI=1S/C7H12N2S/c1-5-4-6(2)9(3)7(10)8-5/h4,7,10H,1-3H3. The maximum atomic E-state index is 4.27. The lowest BCUT2D eigenvalue weighted by molar-refractivity contribution is 0.399. The van der Waals surface area contributed by atoms with E-state index in [1.54, 1.807) is 0 Å². The quantitative estimate of drug-likeness (QED) is 0.526. The Bertz CT molecular complexity index is 196. The zero-order chi connectivity index (χ0) is 7.72. The Kier molecular flexibility index (Phi) is 2.04. The molecule has 0 aromatic carbocycles. The summed E-state index contributed by atoms with van der Waals surface area (Å²) in [5.41, 5.74) is 2.27. The van der Waals surface area contributed by atoms with Crippen LogP contribution in [0, 0.1) is 0 Å². The van der Waals surface area contributed by atoms with E-state index in [9.17, 15) is 0 Å². The second-order valence-corrected chi connectivity index (χ2v) is 2.98. The lowest BCUT2D eigenvalue weighted by Gasteiger charge is -2.27. The molecule has 56 valence electrons. The molecular weight excluding hydrogens is 144 g/mol. The van der Waals surface area contributed by atoms with E-state index >= 15 is 0 Å².